The van der Waals surface area contributed by atoms with Gasteiger partial charge in [0.25, 0.3) is 0 Å². The number of rotatable bonds is 3. The molecular weight excluding hydrogens is 238 g/mol. The van der Waals surface area contributed by atoms with E-state index >= 15 is 0 Å². The smallest absolute Gasteiger partial charge is 0.240 e. The maximum absolute atomic E-state index is 11.4. The molecule has 2 fully saturated rings. The number of para-hydroxylation sites is 1. The van der Waals surface area contributed by atoms with Crippen LogP contribution in [0.5, 0.6) is 0 Å². The molecule has 0 radical (unpaired) electrons. The van der Waals surface area contributed by atoms with Crippen molar-refractivity contribution in [3.05, 3.63) is 29.8 Å². The Morgan fingerprint density at radius 3 is 2.63 bits per heavy atom. The number of hydrazine groups is 1. The second kappa shape index (κ2) is 4.85. The van der Waals surface area contributed by atoms with Crippen LogP contribution in [0.2, 0.25) is 0 Å². The van der Waals surface area contributed by atoms with E-state index in [2.05, 4.69) is 23.6 Å². The van der Waals surface area contributed by atoms with Crippen LogP contribution in [0.15, 0.2) is 24.3 Å². The van der Waals surface area contributed by atoms with E-state index in [-0.39, 0.29) is 11.3 Å². The molecule has 1 saturated carbocycles. The van der Waals surface area contributed by atoms with Crippen LogP contribution in [0.4, 0.5) is 5.69 Å². The predicted octanol–water partition coefficient (Wildman–Crippen LogP) is 1.70. The molecule has 4 nitrogen and oxygen atoms in total. The Morgan fingerprint density at radius 2 is 2.00 bits per heavy atom. The number of carbonyl (C=O) groups is 1. The molecule has 1 heterocycles. The minimum atomic E-state index is 0.100. The quantitative estimate of drug-likeness (QED) is 0.868. The number of amides is 1. The molecule has 3 N–H and O–H groups in total. The van der Waals surface area contributed by atoms with Crippen LogP contribution in [-0.2, 0) is 10.2 Å². The van der Waals surface area contributed by atoms with Crippen LogP contribution in [0, 0.1) is 0 Å². The van der Waals surface area contributed by atoms with Crippen LogP contribution >= 0.6 is 0 Å². The summed E-state index contributed by atoms with van der Waals surface area (Å²) < 4.78 is 0. The number of benzene rings is 1. The number of carbonyl (C=O) groups excluding carboxylic acids is 1. The van der Waals surface area contributed by atoms with E-state index in [0.717, 1.165) is 25.1 Å². The second-order valence-electron chi connectivity index (χ2n) is 5.65. The minimum absolute atomic E-state index is 0.100. The molecule has 2 aliphatic rings. The van der Waals surface area contributed by atoms with Gasteiger partial charge in [0, 0.05) is 24.9 Å². The first kappa shape index (κ1) is 12.5. The molecule has 0 spiro atoms. The van der Waals surface area contributed by atoms with E-state index in [0.29, 0.717) is 13.0 Å². The van der Waals surface area contributed by atoms with Gasteiger partial charge < -0.3 is 5.73 Å². The number of hydrogen-bond acceptors (Lipinski definition) is 3. The van der Waals surface area contributed by atoms with Gasteiger partial charge in [0.1, 0.15) is 0 Å². The molecule has 0 atom stereocenters. The summed E-state index contributed by atoms with van der Waals surface area (Å²) in [5.74, 6) is 0.100. The molecule has 3 rings (SSSR count). The van der Waals surface area contributed by atoms with Gasteiger partial charge in [0.2, 0.25) is 5.91 Å². The third-order valence-corrected chi connectivity index (χ3v) is 4.54. The fourth-order valence-corrected chi connectivity index (χ4v) is 3.45. The lowest BCUT2D eigenvalue weighted by atomic mass is 9.78. The third-order valence-electron chi connectivity index (χ3n) is 4.54. The summed E-state index contributed by atoms with van der Waals surface area (Å²) in [4.78, 5) is 11.4. The molecule has 0 unspecified atom stereocenters. The SMILES string of the molecule is NCC1(c2ccccc2N2CCC(=O)N2)CCCC1. The molecule has 1 aliphatic carbocycles. The lowest BCUT2D eigenvalue weighted by molar-refractivity contribution is -0.119. The first-order valence-electron chi connectivity index (χ1n) is 7.12. The molecule has 1 saturated heterocycles. The van der Waals surface area contributed by atoms with E-state index in [1.165, 1.54) is 18.4 Å². The highest BCUT2D eigenvalue weighted by Crippen LogP contribution is 2.44. The van der Waals surface area contributed by atoms with Crippen LogP contribution in [0.1, 0.15) is 37.7 Å². The first-order valence-corrected chi connectivity index (χ1v) is 7.12. The molecule has 1 amide bonds. The van der Waals surface area contributed by atoms with Gasteiger partial charge in [0.05, 0.1) is 5.69 Å². The van der Waals surface area contributed by atoms with Gasteiger partial charge in [-0.2, -0.15) is 0 Å². The zero-order valence-electron chi connectivity index (χ0n) is 11.2. The van der Waals surface area contributed by atoms with E-state index in [9.17, 15) is 4.79 Å². The summed E-state index contributed by atoms with van der Waals surface area (Å²) >= 11 is 0. The van der Waals surface area contributed by atoms with Crippen molar-refractivity contribution < 1.29 is 4.79 Å². The molecule has 19 heavy (non-hydrogen) atoms. The fourth-order valence-electron chi connectivity index (χ4n) is 3.45. The largest absolute Gasteiger partial charge is 0.330 e. The van der Waals surface area contributed by atoms with Gasteiger partial charge in [0.15, 0.2) is 0 Å². The van der Waals surface area contributed by atoms with Crippen molar-refractivity contribution in [2.24, 2.45) is 5.73 Å². The summed E-state index contributed by atoms with van der Waals surface area (Å²) in [5, 5.41) is 1.98. The number of hydrogen-bond donors (Lipinski definition) is 2. The number of nitrogens with one attached hydrogen (secondary N) is 1. The van der Waals surface area contributed by atoms with E-state index in [1.54, 1.807) is 0 Å². The third kappa shape index (κ3) is 2.10. The van der Waals surface area contributed by atoms with Crippen molar-refractivity contribution in [1.29, 1.82) is 0 Å². The van der Waals surface area contributed by atoms with Crippen molar-refractivity contribution >= 4 is 11.6 Å². The van der Waals surface area contributed by atoms with Crippen molar-refractivity contribution in [3.63, 3.8) is 0 Å². The zero-order valence-corrected chi connectivity index (χ0v) is 11.2. The molecule has 0 bridgehead atoms. The van der Waals surface area contributed by atoms with E-state index < -0.39 is 0 Å². The highest BCUT2D eigenvalue weighted by atomic mass is 16.2. The lowest BCUT2D eigenvalue weighted by Crippen LogP contribution is -2.38. The molecule has 1 aliphatic heterocycles. The van der Waals surface area contributed by atoms with Crippen molar-refractivity contribution in [2.75, 3.05) is 18.1 Å². The van der Waals surface area contributed by atoms with E-state index in [1.807, 2.05) is 11.1 Å². The Bertz CT molecular complexity index is 480. The Hall–Kier alpha value is -1.55. The monoisotopic (exact) mass is 259 g/mol. The van der Waals surface area contributed by atoms with E-state index in [4.69, 9.17) is 5.73 Å². The van der Waals surface area contributed by atoms with Crippen LogP contribution in [-0.4, -0.2) is 19.0 Å². The van der Waals surface area contributed by atoms with Crippen LogP contribution in [0.3, 0.4) is 0 Å². The van der Waals surface area contributed by atoms with Crippen LogP contribution in [0.25, 0.3) is 0 Å². The molecule has 1 aromatic carbocycles. The van der Waals surface area contributed by atoms with Gasteiger partial charge in [-0.25, -0.2) is 0 Å². The summed E-state index contributed by atoms with van der Waals surface area (Å²) in [6.07, 6.45) is 5.38. The molecular formula is C15H21N3O. The van der Waals surface area contributed by atoms with Gasteiger partial charge in [-0.1, -0.05) is 31.0 Å². The Balaban J connectivity index is 1.99. The topological polar surface area (TPSA) is 58.4 Å². The molecule has 1 aromatic rings. The summed E-state index contributed by atoms with van der Waals surface area (Å²) in [7, 11) is 0. The molecule has 0 aromatic heterocycles. The first-order chi connectivity index (χ1) is 9.25. The van der Waals surface area contributed by atoms with Crippen molar-refractivity contribution in [2.45, 2.75) is 37.5 Å². The highest BCUT2D eigenvalue weighted by molar-refractivity contribution is 5.82. The second-order valence-corrected chi connectivity index (χ2v) is 5.65. The average Bonchev–Trinajstić information content (AvgIpc) is 3.08. The number of nitrogens with two attached hydrogens (primary N) is 1. The van der Waals surface area contributed by atoms with Crippen LogP contribution < -0.4 is 16.2 Å². The maximum atomic E-state index is 11.4. The van der Waals surface area contributed by atoms with Gasteiger partial charge in [-0.15, -0.1) is 0 Å². The lowest BCUT2D eigenvalue weighted by Gasteiger charge is -2.33. The van der Waals surface area contributed by atoms with Gasteiger partial charge in [-0.3, -0.25) is 15.2 Å². The van der Waals surface area contributed by atoms with Crippen molar-refractivity contribution in [3.8, 4) is 0 Å². The maximum Gasteiger partial charge on any atom is 0.240 e. The Morgan fingerprint density at radius 1 is 1.26 bits per heavy atom. The zero-order chi connectivity index (χ0) is 13.3. The minimum Gasteiger partial charge on any atom is -0.330 e. The highest BCUT2D eigenvalue weighted by Gasteiger charge is 2.37. The Labute approximate surface area is 113 Å². The number of anilines is 1. The van der Waals surface area contributed by atoms with Gasteiger partial charge >= 0.3 is 0 Å². The summed E-state index contributed by atoms with van der Waals surface area (Å²) in [6, 6.07) is 8.38. The fraction of sp³-hybridized carbons (Fsp3) is 0.533. The van der Waals surface area contributed by atoms with Gasteiger partial charge in [-0.05, 0) is 24.5 Å². The summed E-state index contributed by atoms with van der Waals surface area (Å²) in [6.45, 7) is 1.43. The average molecular weight is 259 g/mol. The predicted molar refractivity (Wildman–Crippen MR) is 75.7 cm³/mol. The van der Waals surface area contributed by atoms with Crippen molar-refractivity contribution in [1.82, 2.24) is 5.43 Å². The standard InChI is InChI=1S/C15H21N3O/c16-11-15(8-3-4-9-15)12-5-1-2-6-13(12)18-10-7-14(19)17-18/h1-2,5-6H,3-4,7-11,16H2,(H,17,19). The summed E-state index contributed by atoms with van der Waals surface area (Å²) in [5.41, 5.74) is 11.5. The molecule has 4 heteroatoms. The number of nitrogens with zero attached hydrogens (tertiary/aromatic N) is 1. The Kier molecular flexibility index (Phi) is 3.19. The normalized spacial score (nSPS) is 21.7. The molecule has 102 valence electrons.